The van der Waals surface area contributed by atoms with Gasteiger partial charge in [0.2, 0.25) is 0 Å². The predicted molar refractivity (Wildman–Crippen MR) is 95.7 cm³/mol. The summed E-state index contributed by atoms with van der Waals surface area (Å²) >= 11 is 0. The van der Waals surface area contributed by atoms with Crippen molar-refractivity contribution in [3.05, 3.63) is 35.4 Å². The van der Waals surface area contributed by atoms with Crippen LogP contribution < -0.4 is 10.6 Å². The van der Waals surface area contributed by atoms with Gasteiger partial charge in [0.1, 0.15) is 0 Å². The van der Waals surface area contributed by atoms with Crippen molar-refractivity contribution in [2.45, 2.75) is 33.4 Å². The van der Waals surface area contributed by atoms with Crippen molar-refractivity contribution in [2.24, 2.45) is 4.99 Å². The molecule has 0 aliphatic heterocycles. The zero-order valence-electron chi connectivity index (χ0n) is 12.6. The lowest BCUT2D eigenvalue weighted by Gasteiger charge is -2.10. The van der Waals surface area contributed by atoms with E-state index >= 15 is 0 Å². The van der Waals surface area contributed by atoms with E-state index in [2.05, 4.69) is 47.7 Å². The van der Waals surface area contributed by atoms with E-state index in [1.165, 1.54) is 11.1 Å². The van der Waals surface area contributed by atoms with E-state index in [1.807, 2.05) is 6.07 Å². The van der Waals surface area contributed by atoms with Gasteiger partial charge in [-0.3, -0.25) is 0 Å². The number of nitrogens with one attached hydrogen (secondary N) is 2. The number of hydrogen-bond donors (Lipinski definition) is 2. The van der Waals surface area contributed by atoms with E-state index in [-0.39, 0.29) is 24.0 Å². The van der Waals surface area contributed by atoms with E-state index in [9.17, 15) is 0 Å². The lowest BCUT2D eigenvalue weighted by molar-refractivity contribution is 0.185. The molecule has 5 heteroatoms. The van der Waals surface area contributed by atoms with Crippen LogP contribution in [0, 0.1) is 0 Å². The summed E-state index contributed by atoms with van der Waals surface area (Å²) in [5.41, 5.74) is 2.38. The maximum Gasteiger partial charge on any atom is 0.191 e. The highest BCUT2D eigenvalue weighted by Crippen LogP contribution is 2.07. The van der Waals surface area contributed by atoms with Crippen molar-refractivity contribution in [3.63, 3.8) is 0 Å². The second kappa shape index (κ2) is 12.0. The summed E-state index contributed by atoms with van der Waals surface area (Å²) in [6, 6.07) is 8.34. The fourth-order valence-corrected chi connectivity index (χ4v) is 1.74. The standard InChI is InChI=1S/C15H25N3O.HI/c1-4-9-17-15(16-5-2)18-11-13-7-6-8-14(10-13)12-19-3;/h6-8,10H,4-5,9,11-12H2,1-3H3,(H2,16,17,18);1H. The predicted octanol–water partition coefficient (Wildman–Crippen LogP) is 2.92. The Kier molecular flexibility index (Phi) is 11.5. The number of benzene rings is 1. The third kappa shape index (κ3) is 7.69. The van der Waals surface area contributed by atoms with E-state index < -0.39 is 0 Å². The van der Waals surface area contributed by atoms with Gasteiger partial charge in [-0.25, -0.2) is 4.99 Å². The third-order valence-electron chi connectivity index (χ3n) is 2.61. The molecule has 0 aliphatic carbocycles. The fourth-order valence-electron chi connectivity index (χ4n) is 1.74. The summed E-state index contributed by atoms with van der Waals surface area (Å²) in [4.78, 5) is 4.58. The minimum Gasteiger partial charge on any atom is -0.380 e. The Labute approximate surface area is 139 Å². The largest absolute Gasteiger partial charge is 0.380 e. The van der Waals surface area contributed by atoms with Crippen molar-refractivity contribution >= 4 is 29.9 Å². The van der Waals surface area contributed by atoms with Gasteiger partial charge in [0.05, 0.1) is 13.2 Å². The van der Waals surface area contributed by atoms with Crippen LogP contribution in [0.5, 0.6) is 0 Å². The topological polar surface area (TPSA) is 45.7 Å². The molecule has 4 nitrogen and oxygen atoms in total. The molecule has 114 valence electrons. The van der Waals surface area contributed by atoms with Gasteiger partial charge in [-0.15, -0.1) is 24.0 Å². The monoisotopic (exact) mass is 391 g/mol. The number of ether oxygens (including phenoxy) is 1. The number of halogens is 1. The van der Waals surface area contributed by atoms with Crippen LogP contribution >= 0.6 is 24.0 Å². The number of aliphatic imine (C=N–C) groups is 1. The number of nitrogens with zero attached hydrogens (tertiary/aromatic N) is 1. The summed E-state index contributed by atoms with van der Waals surface area (Å²) in [5.74, 6) is 0.876. The van der Waals surface area contributed by atoms with Crippen molar-refractivity contribution in [1.29, 1.82) is 0 Å². The molecule has 0 saturated carbocycles. The molecule has 0 aromatic heterocycles. The Morgan fingerprint density at radius 3 is 2.60 bits per heavy atom. The van der Waals surface area contributed by atoms with Crippen LogP contribution in [0.4, 0.5) is 0 Å². The first-order chi connectivity index (χ1) is 9.30. The summed E-state index contributed by atoms with van der Waals surface area (Å²) in [6.07, 6.45) is 1.09. The van der Waals surface area contributed by atoms with Gasteiger partial charge in [0, 0.05) is 20.2 Å². The number of rotatable bonds is 7. The van der Waals surface area contributed by atoms with Crippen LogP contribution in [0.3, 0.4) is 0 Å². The molecular weight excluding hydrogens is 365 g/mol. The lowest BCUT2D eigenvalue weighted by Crippen LogP contribution is -2.37. The van der Waals surface area contributed by atoms with E-state index in [4.69, 9.17) is 4.74 Å². The number of guanidine groups is 1. The molecule has 0 fully saturated rings. The summed E-state index contributed by atoms with van der Waals surface area (Å²) in [6.45, 7) is 7.35. The van der Waals surface area contributed by atoms with Gasteiger partial charge in [-0.1, -0.05) is 31.2 Å². The minimum absolute atomic E-state index is 0. The Morgan fingerprint density at radius 2 is 1.95 bits per heavy atom. The first-order valence-electron chi connectivity index (χ1n) is 6.89. The van der Waals surface area contributed by atoms with Crippen molar-refractivity contribution < 1.29 is 4.74 Å². The van der Waals surface area contributed by atoms with Gasteiger partial charge in [-0.05, 0) is 24.5 Å². The number of hydrogen-bond acceptors (Lipinski definition) is 2. The van der Waals surface area contributed by atoms with E-state index in [0.717, 1.165) is 25.5 Å². The molecule has 0 heterocycles. The van der Waals surface area contributed by atoms with Crippen LogP contribution in [0.15, 0.2) is 29.3 Å². The average molecular weight is 391 g/mol. The number of methoxy groups -OCH3 is 1. The van der Waals surface area contributed by atoms with Gasteiger partial charge < -0.3 is 15.4 Å². The highest BCUT2D eigenvalue weighted by Gasteiger charge is 1.98. The normalized spacial score (nSPS) is 10.8. The highest BCUT2D eigenvalue weighted by molar-refractivity contribution is 14.0. The zero-order valence-corrected chi connectivity index (χ0v) is 14.9. The molecule has 20 heavy (non-hydrogen) atoms. The Bertz CT molecular complexity index is 396. The van der Waals surface area contributed by atoms with Crippen molar-refractivity contribution in [3.8, 4) is 0 Å². The molecule has 0 saturated heterocycles. The van der Waals surface area contributed by atoms with E-state index in [1.54, 1.807) is 7.11 Å². The molecule has 0 amide bonds. The molecule has 0 bridgehead atoms. The van der Waals surface area contributed by atoms with Gasteiger partial charge in [0.15, 0.2) is 5.96 Å². The molecule has 0 radical (unpaired) electrons. The van der Waals surface area contributed by atoms with Crippen molar-refractivity contribution in [1.82, 2.24) is 10.6 Å². The Balaban J connectivity index is 0.00000361. The van der Waals surface area contributed by atoms with Gasteiger partial charge >= 0.3 is 0 Å². The maximum absolute atomic E-state index is 5.14. The lowest BCUT2D eigenvalue weighted by atomic mass is 10.1. The van der Waals surface area contributed by atoms with Crippen LogP contribution in [0.2, 0.25) is 0 Å². The van der Waals surface area contributed by atoms with Crippen LogP contribution in [0.25, 0.3) is 0 Å². The molecule has 2 N–H and O–H groups in total. The molecular formula is C15H26IN3O. The van der Waals surface area contributed by atoms with Gasteiger partial charge in [0.25, 0.3) is 0 Å². The molecule has 0 aliphatic rings. The second-order valence-electron chi connectivity index (χ2n) is 4.37. The SMILES string of the molecule is CCCNC(=NCc1cccc(COC)c1)NCC.I. The first-order valence-corrected chi connectivity index (χ1v) is 6.89. The quantitative estimate of drug-likeness (QED) is 0.427. The average Bonchev–Trinajstić information content (AvgIpc) is 2.43. The molecule has 1 rings (SSSR count). The van der Waals surface area contributed by atoms with Crippen molar-refractivity contribution in [2.75, 3.05) is 20.2 Å². The minimum atomic E-state index is 0. The van der Waals surface area contributed by atoms with E-state index in [0.29, 0.717) is 13.2 Å². The zero-order chi connectivity index (χ0) is 13.9. The summed E-state index contributed by atoms with van der Waals surface area (Å²) in [7, 11) is 1.71. The molecule has 0 atom stereocenters. The highest BCUT2D eigenvalue weighted by atomic mass is 127. The van der Waals surface area contributed by atoms with Gasteiger partial charge in [-0.2, -0.15) is 0 Å². The Hall–Kier alpha value is -0.820. The van der Waals surface area contributed by atoms with Crippen LogP contribution in [-0.2, 0) is 17.9 Å². The molecule has 1 aromatic rings. The van der Waals surface area contributed by atoms with Crippen LogP contribution in [-0.4, -0.2) is 26.2 Å². The molecule has 1 aromatic carbocycles. The second-order valence-corrected chi connectivity index (χ2v) is 4.37. The third-order valence-corrected chi connectivity index (χ3v) is 2.61. The molecule has 0 spiro atoms. The maximum atomic E-state index is 5.14. The summed E-state index contributed by atoms with van der Waals surface area (Å²) in [5, 5.41) is 6.54. The molecule has 0 unspecified atom stereocenters. The fraction of sp³-hybridized carbons (Fsp3) is 0.533. The first kappa shape index (κ1) is 19.2. The Morgan fingerprint density at radius 1 is 1.20 bits per heavy atom. The summed E-state index contributed by atoms with van der Waals surface area (Å²) < 4.78 is 5.14. The smallest absolute Gasteiger partial charge is 0.191 e. The van der Waals surface area contributed by atoms with Crippen LogP contribution in [0.1, 0.15) is 31.4 Å².